The number of carbonyl (C=O) groups is 2. The number of nitrogens with one attached hydrogen (secondary N) is 2. The summed E-state index contributed by atoms with van der Waals surface area (Å²) in [6.45, 7) is 0.584. The number of ether oxygens (including phenoxy) is 3. The van der Waals surface area contributed by atoms with E-state index in [2.05, 4.69) is 15.6 Å². The van der Waals surface area contributed by atoms with Crippen LogP contribution in [-0.2, 0) is 23.8 Å². The van der Waals surface area contributed by atoms with Gasteiger partial charge >= 0.3 is 5.96 Å². The zero-order valence-corrected chi connectivity index (χ0v) is 29.3. The van der Waals surface area contributed by atoms with Crippen molar-refractivity contribution in [2.75, 3.05) is 40.5 Å². The molecular weight excluding hydrogens is 654 g/mol. The van der Waals surface area contributed by atoms with Crippen molar-refractivity contribution >= 4 is 17.5 Å². The summed E-state index contributed by atoms with van der Waals surface area (Å²) >= 11 is 0. The average Bonchev–Trinajstić information content (AvgIpc) is 3.11. The second kappa shape index (κ2) is 17.3. The van der Waals surface area contributed by atoms with Crippen LogP contribution < -0.4 is 27.1 Å². The van der Waals surface area contributed by atoms with Gasteiger partial charge in [0.2, 0.25) is 0 Å². The Bertz CT molecular complexity index is 1170. The molecule has 50 heavy (non-hydrogen) atoms. The molecule has 17 atom stereocenters. The van der Waals surface area contributed by atoms with Crippen LogP contribution in [0.25, 0.3) is 0 Å². The molecule has 2 heterocycles. The number of aliphatic hydroxyl groups is 6. The van der Waals surface area contributed by atoms with Crippen molar-refractivity contribution < 1.29 is 64.7 Å². The van der Waals surface area contributed by atoms with Crippen LogP contribution in [0.3, 0.4) is 0 Å². The third-order valence-corrected chi connectivity index (χ3v) is 12.5. The molecular formula is C34H61N5O11+2. The van der Waals surface area contributed by atoms with E-state index in [9.17, 15) is 40.2 Å². The number of methoxy groups -OCH3 is 1. The summed E-state index contributed by atoms with van der Waals surface area (Å²) in [5.41, 5.74) is 12.2. The lowest BCUT2D eigenvalue weighted by molar-refractivity contribution is -0.704. The molecule has 5 aliphatic rings. The number of quaternary nitrogens is 1. The lowest BCUT2D eigenvalue weighted by Gasteiger charge is -2.53. The lowest BCUT2D eigenvalue weighted by Crippen LogP contribution is -2.95. The number of hydrogen-bond donors (Lipinski definition) is 11. The van der Waals surface area contributed by atoms with E-state index in [4.69, 9.17) is 25.7 Å². The number of nitrogens with two attached hydrogens (primary N) is 3. The summed E-state index contributed by atoms with van der Waals surface area (Å²) in [5.74, 6) is -3.43. The number of aliphatic hydroxyl groups excluding tert-OH is 6. The van der Waals surface area contributed by atoms with Crippen molar-refractivity contribution in [1.82, 2.24) is 5.32 Å². The van der Waals surface area contributed by atoms with Crippen molar-refractivity contribution in [1.29, 1.82) is 0 Å². The second-order valence-electron chi connectivity index (χ2n) is 15.3. The first-order chi connectivity index (χ1) is 23.9. The first-order valence-electron chi connectivity index (χ1n) is 18.4. The Morgan fingerprint density at radius 3 is 2.40 bits per heavy atom. The summed E-state index contributed by atoms with van der Waals surface area (Å²) in [4.78, 5) is 32.0. The Hall–Kier alpha value is -1.83. The maximum absolute atomic E-state index is 14.6. The van der Waals surface area contributed by atoms with Gasteiger partial charge in [0.05, 0.1) is 56.9 Å². The van der Waals surface area contributed by atoms with Gasteiger partial charge in [-0.3, -0.25) is 31.4 Å². The SMILES string of the molecule is C[NH+]=C(N)NCC1C(C[C@H](CCCO)C2CCC(N)[NH2+]C2)CC2C(=O)C3CC(OC)CC(O[C@H]4O[C@H](CO)[C@@H](O)[C@H](O)[C@H]4O)C3C(=O)C2C1O. The number of guanidine groups is 1. The number of fused-ring (bicyclic) bond motifs is 2. The predicted octanol–water partition coefficient (Wildman–Crippen LogP) is -5.75. The van der Waals surface area contributed by atoms with Gasteiger partial charge in [-0.2, -0.15) is 0 Å². The highest BCUT2D eigenvalue weighted by molar-refractivity contribution is 6.00. The molecule has 2 saturated heterocycles. The van der Waals surface area contributed by atoms with E-state index in [1.165, 1.54) is 7.11 Å². The van der Waals surface area contributed by atoms with Crippen molar-refractivity contribution in [3.63, 3.8) is 0 Å². The van der Waals surface area contributed by atoms with Crippen molar-refractivity contribution in [3.05, 3.63) is 0 Å². The smallest absolute Gasteiger partial charge is 0.340 e. The van der Waals surface area contributed by atoms with Crippen molar-refractivity contribution in [2.45, 2.75) is 107 Å². The van der Waals surface area contributed by atoms with E-state index >= 15 is 0 Å². The maximum atomic E-state index is 14.6. The largest absolute Gasteiger partial charge is 0.396 e. The molecule has 16 nitrogen and oxygen atoms in total. The number of rotatable bonds is 12. The highest BCUT2D eigenvalue weighted by Gasteiger charge is 2.61. The number of carbonyl (C=O) groups excluding carboxylic acids is 2. The van der Waals surface area contributed by atoms with Gasteiger partial charge in [0.15, 0.2) is 6.29 Å². The summed E-state index contributed by atoms with van der Waals surface area (Å²) in [5, 5.41) is 68.3. The summed E-state index contributed by atoms with van der Waals surface area (Å²) in [6.07, 6.45) is -5.22. The summed E-state index contributed by atoms with van der Waals surface area (Å²) in [7, 11) is 3.19. The number of Topliss-reactive ketones (excluding diaryl/α,β-unsaturated/α-hetero) is 2. The van der Waals surface area contributed by atoms with Crippen LogP contribution in [0.5, 0.6) is 0 Å². The molecule has 2 aliphatic heterocycles. The minimum Gasteiger partial charge on any atom is -0.396 e. The van der Waals surface area contributed by atoms with Crippen LogP contribution in [0.15, 0.2) is 0 Å². The van der Waals surface area contributed by atoms with E-state index in [0.717, 1.165) is 32.2 Å². The van der Waals surface area contributed by atoms with Crippen LogP contribution >= 0.6 is 0 Å². The Kier molecular flexibility index (Phi) is 13.6. The molecule has 11 unspecified atom stereocenters. The van der Waals surface area contributed by atoms with E-state index in [1.54, 1.807) is 7.05 Å². The molecule has 0 aromatic rings. The molecule has 286 valence electrons. The molecule has 0 amide bonds. The van der Waals surface area contributed by atoms with Gasteiger partial charge in [0.1, 0.15) is 42.1 Å². The molecule has 3 aliphatic carbocycles. The zero-order chi connectivity index (χ0) is 36.3. The van der Waals surface area contributed by atoms with Gasteiger partial charge in [0, 0.05) is 50.2 Å². The highest BCUT2D eigenvalue weighted by atomic mass is 16.7. The van der Waals surface area contributed by atoms with Gasteiger partial charge in [-0.15, -0.1) is 0 Å². The van der Waals surface area contributed by atoms with E-state index in [0.29, 0.717) is 31.1 Å². The van der Waals surface area contributed by atoms with Gasteiger partial charge in [-0.05, 0) is 50.4 Å². The number of piperidine rings is 1. The molecule has 5 fully saturated rings. The van der Waals surface area contributed by atoms with E-state index in [1.807, 2.05) is 0 Å². The monoisotopic (exact) mass is 715 g/mol. The van der Waals surface area contributed by atoms with Crippen LogP contribution in [0.1, 0.15) is 51.4 Å². The predicted molar refractivity (Wildman–Crippen MR) is 176 cm³/mol. The fourth-order valence-corrected chi connectivity index (χ4v) is 9.72. The normalized spacial score (nSPS) is 44.7. The molecule has 3 saturated carbocycles. The fourth-order valence-electron chi connectivity index (χ4n) is 9.72. The fraction of sp³-hybridized carbons (Fsp3) is 0.912. The van der Waals surface area contributed by atoms with E-state index < -0.39 is 85.2 Å². The van der Waals surface area contributed by atoms with E-state index in [-0.39, 0.29) is 49.1 Å². The minimum absolute atomic E-state index is 0.0674. The summed E-state index contributed by atoms with van der Waals surface area (Å²) in [6, 6.07) is 0. The third kappa shape index (κ3) is 8.20. The van der Waals surface area contributed by atoms with Crippen molar-refractivity contribution in [3.8, 4) is 0 Å². The van der Waals surface area contributed by atoms with Crippen LogP contribution in [0.2, 0.25) is 0 Å². The van der Waals surface area contributed by atoms with Crippen LogP contribution in [-0.4, -0.2) is 144 Å². The van der Waals surface area contributed by atoms with Crippen molar-refractivity contribution in [2.24, 2.45) is 58.8 Å². The number of hydrogen-bond acceptors (Lipinski definition) is 12. The lowest BCUT2D eigenvalue weighted by atomic mass is 9.52. The topological polar surface area (TPSA) is 278 Å². The summed E-state index contributed by atoms with van der Waals surface area (Å²) < 4.78 is 17.5. The zero-order valence-electron chi connectivity index (χ0n) is 29.3. The molecule has 0 aromatic heterocycles. The number of ketones is 2. The quantitative estimate of drug-likeness (QED) is 0.0664. The van der Waals surface area contributed by atoms with Gasteiger partial charge in [0.25, 0.3) is 0 Å². The minimum atomic E-state index is -1.68. The van der Waals surface area contributed by atoms with Gasteiger partial charge in [-0.1, -0.05) is 0 Å². The Balaban J connectivity index is 1.42. The maximum Gasteiger partial charge on any atom is 0.340 e. The van der Waals surface area contributed by atoms with Gasteiger partial charge in [-0.25, -0.2) is 0 Å². The Morgan fingerprint density at radius 2 is 1.76 bits per heavy atom. The van der Waals surface area contributed by atoms with Crippen LogP contribution in [0.4, 0.5) is 0 Å². The first-order valence-corrected chi connectivity index (χ1v) is 18.4. The molecule has 5 rings (SSSR count). The molecule has 0 aromatic carbocycles. The molecule has 16 heteroatoms. The van der Waals surface area contributed by atoms with Gasteiger partial charge < -0.3 is 50.2 Å². The molecule has 0 spiro atoms. The third-order valence-electron chi connectivity index (χ3n) is 12.5. The molecule has 0 radical (unpaired) electrons. The molecule has 0 bridgehead atoms. The standard InChI is InChI=1S/C34H59N5O11/c1-37-34(36)39-13-21-17(8-15(4-3-7-40)16-5-6-24(35)38-12-16)9-19-26(28(21)43)30(45)25-20(27(19)42)10-18(48-2)11-22(25)49-33-32(47)31(46)29(44)23(14-41)50-33/h15-26,28-29,31-33,38,40-41,43-44,46-47H,3-14,35H2,1-2H3,(H3,36,37,39)/p+2/t15-,16?,17?,18?,19?,20?,21?,22?,23+,24?,25?,26?,28?,29+,31-,32+,33-/m0/s1. The first kappa shape index (κ1) is 39.4. The molecule has 14 N–H and O–H groups in total. The Labute approximate surface area is 293 Å². The van der Waals surface area contributed by atoms with Crippen LogP contribution in [0, 0.1) is 47.3 Å². The Morgan fingerprint density at radius 1 is 1.02 bits per heavy atom. The highest BCUT2D eigenvalue weighted by Crippen LogP contribution is 2.52. The second-order valence-corrected chi connectivity index (χ2v) is 15.3. The average molecular weight is 716 g/mol.